The van der Waals surface area contributed by atoms with Crippen LogP contribution in [0.3, 0.4) is 0 Å². The van der Waals surface area contributed by atoms with Crippen molar-refractivity contribution in [1.29, 1.82) is 0 Å². The van der Waals surface area contributed by atoms with Crippen LogP contribution in [0.4, 0.5) is 5.69 Å². The number of nitrogen functional groups attached to an aromatic ring is 1. The molecule has 19 heavy (non-hydrogen) atoms. The van der Waals surface area contributed by atoms with Crippen LogP contribution in [0.15, 0.2) is 24.3 Å². The number of anilines is 1. The van der Waals surface area contributed by atoms with Crippen LogP contribution in [-0.2, 0) is 0 Å². The van der Waals surface area contributed by atoms with E-state index in [9.17, 15) is 4.79 Å². The van der Waals surface area contributed by atoms with Crippen molar-refractivity contribution >= 4 is 11.6 Å². The van der Waals surface area contributed by atoms with Gasteiger partial charge in [0.25, 0.3) is 5.91 Å². The first-order valence-electron chi connectivity index (χ1n) is 6.86. The molecule has 4 nitrogen and oxygen atoms in total. The molecule has 0 saturated carbocycles. The van der Waals surface area contributed by atoms with Gasteiger partial charge in [-0.15, -0.1) is 0 Å². The van der Waals surface area contributed by atoms with Crippen LogP contribution in [0.2, 0.25) is 0 Å². The van der Waals surface area contributed by atoms with E-state index in [1.54, 1.807) is 12.1 Å². The zero-order chi connectivity index (χ0) is 13.8. The lowest BCUT2D eigenvalue weighted by molar-refractivity contribution is 0.0747. The number of likely N-dealkylation sites (tertiary alicyclic amines) is 1. The third-order valence-electron chi connectivity index (χ3n) is 3.85. The zero-order valence-electron chi connectivity index (χ0n) is 11.8. The number of rotatable bonds is 3. The van der Waals surface area contributed by atoms with Crippen LogP contribution >= 0.6 is 0 Å². The maximum absolute atomic E-state index is 12.3. The largest absolute Gasteiger partial charge is 0.399 e. The first-order valence-corrected chi connectivity index (χ1v) is 6.86. The van der Waals surface area contributed by atoms with Crippen LogP contribution in [0.25, 0.3) is 0 Å². The summed E-state index contributed by atoms with van der Waals surface area (Å²) in [4.78, 5) is 16.5. The second-order valence-electron chi connectivity index (χ2n) is 5.56. The van der Waals surface area contributed by atoms with Gasteiger partial charge in [-0.3, -0.25) is 4.79 Å². The minimum absolute atomic E-state index is 0.0613. The Hall–Kier alpha value is -1.55. The number of nitrogens with two attached hydrogens (primary N) is 1. The Morgan fingerprint density at radius 1 is 1.42 bits per heavy atom. The molecule has 104 valence electrons. The average Bonchev–Trinajstić information content (AvgIpc) is 2.40. The van der Waals surface area contributed by atoms with Crippen molar-refractivity contribution in [2.24, 2.45) is 5.92 Å². The maximum Gasteiger partial charge on any atom is 0.253 e. The molecular formula is C15H23N3O. The third-order valence-corrected chi connectivity index (χ3v) is 3.85. The van der Waals surface area contributed by atoms with Crippen molar-refractivity contribution in [3.63, 3.8) is 0 Å². The topological polar surface area (TPSA) is 49.6 Å². The summed E-state index contributed by atoms with van der Waals surface area (Å²) in [6.45, 7) is 3.09. The van der Waals surface area contributed by atoms with Gasteiger partial charge in [-0.25, -0.2) is 0 Å². The molecule has 1 saturated heterocycles. The van der Waals surface area contributed by atoms with E-state index in [0.29, 0.717) is 17.2 Å². The van der Waals surface area contributed by atoms with Gasteiger partial charge in [0.15, 0.2) is 0 Å². The highest BCUT2D eigenvalue weighted by molar-refractivity contribution is 5.94. The normalized spacial score (nSPS) is 17.4. The molecule has 0 bridgehead atoms. The van der Waals surface area contributed by atoms with Crippen LogP contribution in [-0.4, -0.2) is 49.4 Å². The minimum atomic E-state index is 0.0613. The zero-order valence-corrected chi connectivity index (χ0v) is 11.8. The quantitative estimate of drug-likeness (QED) is 0.842. The van der Waals surface area contributed by atoms with Gasteiger partial charge in [-0.1, -0.05) is 6.07 Å². The van der Waals surface area contributed by atoms with Gasteiger partial charge in [-0.2, -0.15) is 0 Å². The Kier molecular flexibility index (Phi) is 4.43. The number of piperidine rings is 1. The lowest BCUT2D eigenvalue weighted by atomic mass is 9.96. The van der Waals surface area contributed by atoms with E-state index in [1.807, 2.05) is 24.1 Å². The van der Waals surface area contributed by atoms with Gasteiger partial charge in [-0.05, 0) is 57.1 Å². The number of carbonyl (C=O) groups is 1. The molecule has 0 unspecified atom stereocenters. The standard InChI is InChI=1S/C15H23N3O/c1-17-8-6-12(7-9-17)11-18(2)15(19)13-4-3-5-14(16)10-13/h3-5,10,12H,6-9,11,16H2,1-2H3. The maximum atomic E-state index is 12.3. The molecule has 2 rings (SSSR count). The predicted molar refractivity (Wildman–Crippen MR) is 78.0 cm³/mol. The molecule has 0 atom stereocenters. The number of hydrogen-bond acceptors (Lipinski definition) is 3. The highest BCUT2D eigenvalue weighted by Crippen LogP contribution is 2.18. The van der Waals surface area contributed by atoms with Crippen LogP contribution in [0, 0.1) is 5.92 Å². The number of carbonyl (C=O) groups excluding carboxylic acids is 1. The molecule has 1 aliphatic rings. The Morgan fingerprint density at radius 3 is 2.74 bits per heavy atom. The average molecular weight is 261 g/mol. The fourth-order valence-corrected chi connectivity index (χ4v) is 2.61. The molecule has 1 aromatic rings. The summed E-state index contributed by atoms with van der Waals surface area (Å²) < 4.78 is 0. The van der Waals surface area contributed by atoms with E-state index in [0.717, 1.165) is 19.6 Å². The predicted octanol–water partition coefficient (Wildman–Crippen LogP) is 1.68. The fraction of sp³-hybridized carbons (Fsp3) is 0.533. The van der Waals surface area contributed by atoms with Crippen molar-refractivity contribution in [3.05, 3.63) is 29.8 Å². The summed E-state index contributed by atoms with van der Waals surface area (Å²) in [5.74, 6) is 0.678. The molecule has 0 aromatic heterocycles. The number of amides is 1. The molecule has 2 N–H and O–H groups in total. The lowest BCUT2D eigenvalue weighted by Gasteiger charge is -2.31. The molecule has 1 fully saturated rings. The van der Waals surface area contributed by atoms with Crippen LogP contribution < -0.4 is 5.73 Å². The highest BCUT2D eigenvalue weighted by Gasteiger charge is 2.20. The summed E-state index contributed by atoms with van der Waals surface area (Å²) in [5.41, 5.74) is 7.03. The molecule has 0 radical (unpaired) electrons. The first kappa shape index (κ1) is 13.9. The van der Waals surface area contributed by atoms with Crippen molar-refractivity contribution in [3.8, 4) is 0 Å². The Balaban J connectivity index is 1.92. The van der Waals surface area contributed by atoms with E-state index < -0.39 is 0 Å². The molecule has 4 heteroatoms. The van der Waals surface area contributed by atoms with Crippen molar-refractivity contribution < 1.29 is 4.79 Å². The third kappa shape index (κ3) is 3.70. The highest BCUT2D eigenvalue weighted by atomic mass is 16.2. The van der Waals surface area contributed by atoms with Crippen LogP contribution in [0.5, 0.6) is 0 Å². The van der Waals surface area contributed by atoms with E-state index >= 15 is 0 Å². The fourth-order valence-electron chi connectivity index (χ4n) is 2.61. The van der Waals surface area contributed by atoms with Gasteiger partial charge >= 0.3 is 0 Å². The molecule has 1 aromatic carbocycles. The second kappa shape index (κ2) is 6.06. The van der Waals surface area contributed by atoms with E-state index in [1.165, 1.54) is 12.8 Å². The number of nitrogens with zero attached hydrogens (tertiary/aromatic N) is 2. The minimum Gasteiger partial charge on any atom is -0.399 e. The summed E-state index contributed by atoms with van der Waals surface area (Å²) in [7, 11) is 4.03. The van der Waals surface area contributed by atoms with Crippen molar-refractivity contribution in [2.75, 3.05) is 39.5 Å². The Bertz CT molecular complexity index is 439. The monoisotopic (exact) mass is 261 g/mol. The molecule has 0 aliphatic carbocycles. The summed E-state index contributed by atoms with van der Waals surface area (Å²) >= 11 is 0. The first-order chi connectivity index (χ1) is 9.06. The summed E-state index contributed by atoms with van der Waals surface area (Å²) in [5, 5.41) is 0. The smallest absolute Gasteiger partial charge is 0.253 e. The van der Waals surface area contributed by atoms with Gasteiger partial charge in [0.2, 0.25) is 0 Å². The number of benzene rings is 1. The van der Waals surface area contributed by atoms with Crippen molar-refractivity contribution in [1.82, 2.24) is 9.80 Å². The second-order valence-corrected chi connectivity index (χ2v) is 5.56. The summed E-state index contributed by atoms with van der Waals surface area (Å²) in [6.07, 6.45) is 2.34. The Morgan fingerprint density at radius 2 is 2.11 bits per heavy atom. The number of hydrogen-bond donors (Lipinski definition) is 1. The molecule has 1 aliphatic heterocycles. The van der Waals surface area contributed by atoms with Crippen molar-refractivity contribution in [2.45, 2.75) is 12.8 Å². The van der Waals surface area contributed by atoms with E-state index in [2.05, 4.69) is 11.9 Å². The molecule has 0 spiro atoms. The van der Waals surface area contributed by atoms with Crippen LogP contribution in [0.1, 0.15) is 23.2 Å². The lowest BCUT2D eigenvalue weighted by Crippen LogP contribution is -2.37. The van der Waals surface area contributed by atoms with Gasteiger partial charge in [0.1, 0.15) is 0 Å². The molecule has 1 heterocycles. The van der Waals surface area contributed by atoms with E-state index in [4.69, 9.17) is 5.73 Å². The van der Waals surface area contributed by atoms with E-state index in [-0.39, 0.29) is 5.91 Å². The van der Waals surface area contributed by atoms with Gasteiger partial charge in [0.05, 0.1) is 0 Å². The Labute approximate surface area is 115 Å². The molecular weight excluding hydrogens is 238 g/mol. The SMILES string of the molecule is CN1CCC(CN(C)C(=O)c2cccc(N)c2)CC1. The van der Waals surface area contributed by atoms with Gasteiger partial charge in [0, 0.05) is 24.8 Å². The van der Waals surface area contributed by atoms with Gasteiger partial charge < -0.3 is 15.5 Å². The molecule has 1 amide bonds. The summed E-state index contributed by atoms with van der Waals surface area (Å²) in [6, 6.07) is 7.19.